The maximum atomic E-state index is 11.4. The molecular formula is C39H39N3O6S4. The summed E-state index contributed by atoms with van der Waals surface area (Å²) in [6.45, 7) is 2.81. The molecule has 0 aliphatic carbocycles. The topological polar surface area (TPSA) is 149 Å². The van der Waals surface area contributed by atoms with Gasteiger partial charge in [0.2, 0.25) is 5.52 Å². The molecule has 52 heavy (non-hydrogen) atoms. The first kappa shape index (κ1) is 37.7. The molecule has 9 nitrogen and oxygen atoms in total. The van der Waals surface area contributed by atoms with Crippen LogP contribution in [-0.2, 0) is 26.8 Å². The molecule has 0 amide bonds. The maximum absolute atomic E-state index is 11.4. The second-order valence-corrected chi connectivity index (χ2v) is 17.6. The number of rotatable bonds is 11. The van der Waals surface area contributed by atoms with Crippen molar-refractivity contribution in [3.05, 3.63) is 125 Å². The van der Waals surface area contributed by atoms with Crippen LogP contribution in [0.4, 0.5) is 11.4 Å². The van der Waals surface area contributed by atoms with Crippen molar-refractivity contribution >= 4 is 92.5 Å². The van der Waals surface area contributed by atoms with Crippen LogP contribution in [0.2, 0.25) is 0 Å². The molecule has 5 aromatic carbocycles. The zero-order valence-corrected chi connectivity index (χ0v) is 31.9. The van der Waals surface area contributed by atoms with Gasteiger partial charge in [-0.05, 0) is 65.6 Å². The van der Waals surface area contributed by atoms with Gasteiger partial charge < -0.3 is 19.7 Å². The molecule has 0 fully saturated rings. The Morgan fingerprint density at radius 3 is 2.06 bits per heavy atom. The van der Waals surface area contributed by atoms with E-state index in [1.807, 2.05) is 66.7 Å². The summed E-state index contributed by atoms with van der Waals surface area (Å²) in [6.07, 6.45) is 5.32. The highest BCUT2D eigenvalue weighted by molar-refractivity contribution is 8.03. The SMILES string of the molecule is CCC(/C=C1\Sc2ccc3ccccc3c2N1CCCS(=O)(=O)[O-])=C\c1sc2ccc3ccccc3c2[n+]1CCCS(=O)(=O)[O-].[NH3+]c1ccccc1. The van der Waals surface area contributed by atoms with Gasteiger partial charge in [-0.25, -0.2) is 16.8 Å². The minimum Gasteiger partial charge on any atom is -0.748 e. The van der Waals surface area contributed by atoms with Gasteiger partial charge in [0.25, 0.3) is 5.01 Å². The number of anilines is 1. The molecule has 1 aliphatic rings. The van der Waals surface area contributed by atoms with Crippen molar-refractivity contribution in [3.8, 4) is 0 Å². The lowest BCUT2D eigenvalue weighted by Gasteiger charge is -2.22. The molecule has 6 aromatic rings. The van der Waals surface area contributed by atoms with Gasteiger partial charge in [-0.15, -0.1) is 0 Å². The average Bonchev–Trinajstić information content (AvgIpc) is 3.65. The van der Waals surface area contributed by atoms with Gasteiger partial charge in [0, 0.05) is 40.8 Å². The fourth-order valence-electron chi connectivity index (χ4n) is 6.25. The third-order valence-electron chi connectivity index (χ3n) is 8.65. The molecule has 0 bridgehead atoms. The highest BCUT2D eigenvalue weighted by atomic mass is 32.2. The smallest absolute Gasteiger partial charge is 0.263 e. The Kier molecular flexibility index (Phi) is 11.8. The standard InChI is InChI=1S/C33H32N2O6S4.C6H7N/c1-2-23(21-30-34(17-7-19-44(36,37)38)32-26-11-5-3-9-24(26)13-15-28(32)42-30)22-31-35(18-8-20-45(39,40)41)33-27-12-6-4-10-25(27)14-16-29(33)43-31;7-6-4-2-1-3-5-6/h3-6,9-16,21-22H,2,7-8,17-20H2,1H3,(H-,36,37,38,39,40,41);1-5H,7H2. The van der Waals surface area contributed by atoms with E-state index in [0.29, 0.717) is 19.5 Å². The van der Waals surface area contributed by atoms with E-state index in [4.69, 9.17) is 0 Å². The van der Waals surface area contributed by atoms with Crippen molar-refractivity contribution in [3.63, 3.8) is 0 Å². The van der Waals surface area contributed by atoms with Gasteiger partial charge in [0.1, 0.15) is 10.4 Å². The molecule has 13 heteroatoms. The second kappa shape index (κ2) is 16.3. The summed E-state index contributed by atoms with van der Waals surface area (Å²) in [4.78, 5) is 3.17. The van der Waals surface area contributed by atoms with E-state index in [1.54, 1.807) is 23.1 Å². The van der Waals surface area contributed by atoms with Crippen molar-refractivity contribution in [1.29, 1.82) is 0 Å². The number of hydrogen-bond donors (Lipinski definition) is 1. The fraction of sp³-hybridized carbons (Fsp3) is 0.205. The van der Waals surface area contributed by atoms with Gasteiger partial charge in [-0.2, -0.15) is 4.57 Å². The molecule has 2 heterocycles. The Bertz CT molecular complexity index is 2510. The van der Waals surface area contributed by atoms with E-state index >= 15 is 0 Å². The summed E-state index contributed by atoms with van der Waals surface area (Å²) >= 11 is 3.23. The molecule has 3 N–H and O–H groups in total. The highest BCUT2D eigenvalue weighted by Crippen LogP contribution is 2.50. The summed E-state index contributed by atoms with van der Waals surface area (Å²) < 4.78 is 71.8. The van der Waals surface area contributed by atoms with Crippen molar-refractivity contribution in [2.45, 2.75) is 37.6 Å². The Balaban J connectivity index is 0.000000594. The number of quaternary nitrogens is 1. The molecular weight excluding hydrogens is 735 g/mol. The summed E-state index contributed by atoms with van der Waals surface area (Å²) in [6, 6.07) is 34.3. The predicted molar refractivity (Wildman–Crippen MR) is 210 cm³/mol. The van der Waals surface area contributed by atoms with Crippen LogP contribution in [0.3, 0.4) is 0 Å². The van der Waals surface area contributed by atoms with Crippen molar-refractivity contribution in [1.82, 2.24) is 0 Å². The number of fused-ring (bicyclic) bond motifs is 6. The molecule has 0 spiro atoms. The molecule has 1 aliphatic heterocycles. The molecule has 0 unspecified atom stereocenters. The van der Waals surface area contributed by atoms with Crippen molar-refractivity contribution in [2.24, 2.45) is 0 Å². The van der Waals surface area contributed by atoms with E-state index in [9.17, 15) is 25.9 Å². The lowest BCUT2D eigenvalue weighted by Crippen LogP contribution is -2.39. The summed E-state index contributed by atoms with van der Waals surface area (Å²) in [5.74, 6) is -0.875. The second-order valence-electron chi connectivity index (χ2n) is 12.4. The number of nitrogens with zero attached hydrogens (tertiary/aromatic N) is 2. The number of thiazole rings is 1. The summed E-state index contributed by atoms with van der Waals surface area (Å²) in [5, 5.41) is 6.14. The van der Waals surface area contributed by atoms with E-state index in [0.717, 1.165) is 63.6 Å². The number of hydrogen-bond acceptors (Lipinski definition) is 9. The van der Waals surface area contributed by atoms with Gasteiger partial charge >= 0.3 is 0 Å². The Hall–Kier alpha value is -4.08. The molecule has 0 saturated carbocycles. The number of aromatic nitrogens is 1. The lowest BCUT2D eigenvalue weighted by atomic mass is 10.1. The number of thioether (sulfide) groups is 1. The third kappa shape index (κ3) is 9.28. The van der Waals surface area contributed by atoms with E-state index in [-0.39, 0.29) is 12.8 Å². The van der Waals surface area contributed by atoms with Gasteiger partial charge in [-0.3, -0.25) is 0 Å². The Labute approximate surface area is 312 Å². The van der Waals surface area contributed by atoms with Crippen molar-refractivity contribution in [2.75, 3.05) is 23.0 Å². The van der Waals surface area contributed by atoms with Gasteiger partial charge in [-0.1, -0.05) is 103 Å². The minimum absolute atomic E-state index is 0.198. The Morgan fingerprint density at radius 2 is 1.40 bits per heavy atom. The quantitative estimate of drug-likeness (QED) is 0.108. The first-order chi connectivity index (χ1) is 24.9. The molecule has 0 radical (unpaired) electrons. The lowest BCUT2D eigenvalue weighted by molar-refractivity contribution is -0.667. The molecule has 270 valence electrons. The van der Waals surface area contributed by atoms with Gasteiger partial charge in [0.05, 0.1) is 36.3 Å². The van der Waals surface area contributed by atoms with Gasteiger partial charge in [0.15, 0.2) is 6.54 Å². The average molecular weight is 774 g/mol. The minimum atomic E-state index is -4.34. The van der Waals surface area contributed by atoms with Crippen LogP contribution in [0.25, 0.3) is 37.8 Å². The zero-order chi connectivity index (χ0) is 36.9. The van der Waals surface area contributed by atoms with Crippen LogP contribution in [-0.4, -0.2) is 44.0 Å². The Morgan fingerprint density at radius 1 is 0.788 bits per heavy atom. The molecule has 1 aromatic heterocycles. The van der Waals surface area contributed by atoms with Crippen LogP contribution in [0.15, 0.2) is 125 Å². The predicted octanol–water partition coefficient (Wildman–Crippen LogP) is 7.17. The molecule has 7 rings (SSSR count). The number of benzene rings is 5. The molecule has 0 saturated heterocycles. The normalized spacial score (nSPS) is 14.3. The van der Waals surface area contributed by atoms with Crippen LogP contribution >= 0.6 is 23.1 Å². The van der Waals surface area contributed by atoms with E-state index in [2.05, 4.69) is 70.7 Å². The summed E-state index contributed by atoms with van der Waals surface area (Å²) in [7, 11) is -8.69. The number of allylic oxidation sites excluding steroid dienone is 2. The monoisotopic (exact) mass is 773 g/mol. The van der Waals surface area contributed by atoms with Crippen molar-refractivity contribution < 1.29 is 36.2 Å². The first-order valence-corrected chi connectivity index (χ1v) is 21.7. The number of aryl methyl sites for hydroxylation is 1. The van der Waals surface area contributed by atoms with Crippen LogP contribution in [0.1, 0.15) is 31.2 Å². The fourth-order valence-corrected chi connectivity index (χ4v) is 9.57. The van der Waals surface area contributed by atoms with Crippen LogP contribution in [0.5, 0.6) is 0 Å². The zero-order valence-electron chi connectivity index (χ0n) is 28.6. The van der Waals surface area contributed by atoms with E-state index in [1.165, 1.54) is 0 Å². The maximum Gasteiger partial charge on any atom is 0.263 e. The molecule has 0 atom stereocenters. The van der Waals surface area contributed by atoms with Crippen LogP contribution in [0, 0.1) is 0 Å². The highest BCUT2D eigenvalue weighted by Gasteiger charge is 2.28. The third-order valence-corrected chi connectivity index (χ3v) is 12.4. The largest absolute Gasteiger partial charge is 0.748 e. The first-order valence-electron chi connectivity index (χ1n) is 16.9. The van der Waals surface area contributed by atoms with Crippen LogP contribution < -0.4 is 15.2 Å². The summed E-state index contributed by atoms with van der Waals surface area (Å²) in [5.41, 5.74) is 7.83. The van der Waals surface area contributed by atoms with E-state index < -0.39 is 31.7 Å².